The molecule has 0 saturated carbocycles. The van der Waals surface area contributed by atoms with Crippen LogP contribution in [0.1, 0.15) is 0 Å². The first-order chi connectivity index (χ1) is 43.6. The third kappa shape index (κ3) is 7.07. The zero-order valence-electron chi connectivity index (χ0n) is 46.9. The Morgan fingerprint density at radius 2 is 0.625 bits per heavy atom. The minimum absolute atomic E-state index is 0.668. The summed E-state index contributed by atoms with van der Waals surface area (Å²) < 4.78 is 15.1. The molecular weight excluding hydrogens is 1130 g/mol. The lowest BCUT2D eigenvalue weighted by atomic mass is 9.99. The molecule has 0 unspecified atom stereocenters. The van der Waals surface area contributed by atoms with Crippen LogP contribution in [0, 0.1) is 0 Å². The summed E-state index contributed by atoms with van der Waals surface area (Å²) in [7, 11) is 0. The van der Waals surface area contributed by atoms with Crippen molar-refractivity contribution < 1.29 is 0 Å². The maximum absolute atomic E-state index is 5.72. The molecule has 408 valence electrons. The van der Waals surface area contributed by atoms with Gasteiger partial charge in [0, 0.05) is 126 Å². The first-order valence-electron chi connectivity index (χ1n) is 29.8. The molecule has 7 heterocycles. The van der Waals surface area contributed by atoms with Crippen LogP contribution in [0.4, 0.5) is 0 Å². The molecule has 0 fully saturated rings. The fraction of sp³-hybridized carbons (Fsp3) is 0. The van der Waals surface area contributed by atoms with E-state index in [0.717, 1.165) is 61.4 Å². The molecule has 0 atom stereocenters. The van der Waals surface area contributed by atoms with Crippen LogP contribution in [0.15, 0.2) is 273 Å². The molecule has 0 aliphatic heterocycles. The van der Waals surface area contributed by atoms with E-state index in [1.807, 2.05) is 34.0 Å². The Balaban J connectivity index is 0.766. The summed E-state index contributed by atoms with van der Waals surface area (Å²) in [6, 6.07) is 101. The van der Waals surface area contributed by atoms with Crippen molar-refractivity contribution in [3.63, 3.8) is 0 Å². The van der Waals surface area contributed by atoms with Crippen LogP contribution in [-0.4, -0.2) is 23.7 Å². The van der Waals surface area contributed by atoms with Gasteiger partial charge in [0.2, 0.25) is 0 Å². The number of nitrogens with zero attached hydrogens (tertiary/aromatic N) is 5. The SMILES string of the molecule is c1cc(-c2nc(-c3cccc(-n4c5ccccc5c5cc6sc7ccccc7c6cc54)c3)c3cc(-c4ccc(-n5c6ccccc6c6cc7sc8ccccc8c7cc65)cc4)ccc3n2)cc(-n2c3ccccc3c3cc4sc5ccccc5c4cc32)c1. The summed E-state index contributed by atoms with van der Waals surface area (Å²) in [6.07, 6.45) is 0. The Morgan fingerprint density at radius 1 is 0.216 bits per heavy atom. The van der Waals surface area contributed by atoms with Crippen LogP contribution < -0.4 is 0 Å². The smallest absolute Gasteiger partial charge is 0.160 e. The quantitative estimate of drug-likeness (QED) is 0.166. The van der Waals surface area contributed by atoms with Gasteiger partial charge in [-0.25, -0.2) is 9.97 Å². The number of hydrogen-bond donors (Lipinski definition) is 0. The number of benzene rings is 13. The van der Waals surface area contributed by atoms with Crippen LogP contribution in [0.5, 0.6) is 0 Å². The van der Waals surface area contributed by atoms with Crippen LogP contribution in [0.25, 0.3) is 188 Å². The summed E-state index contributed by atoms with van der Waals surface area (Å²) in [4.78, 5) is 11.2. The van der Waals surface area contributed by atoms with Gasteiger partial charge in [-0.2, -0.15) is 0 Å². The predicted octanol–water partition coefficient (Wildman–Crippen LogP) is 23.0. The number of rotatable bonds is 6. The normalized spacial score (nSPS) is 12.3. The van der Waals surface area contributed by atoms with Gasteiger partial charge in [0.05, 0.1) is 44.3 Å². The monoisotopic (exact) mass is 1170 g/mol. The molecule has 0 aliphatic carbocycles. The highest BCUT2D eigenvalue weighted by Gasteiger charge is 2.22. The Labute approximate surface area is 514 Å². The lowest BCUT2D eigenvalue weighted by Crippen LogP contribution is -1.99. The lowest BCUT2D eigenvalue weighted by molar-refractivity contribution is 1.17. The Hall–Kier alpha value is -10.7. The first-order valence-corrected chi connectivity index (χ1v) is 32.2. The van der Waals surface area contributed by atoms with E-state index >= 15 is 0 Å². The first kappa shape index (κ1) is 48.5. The van der Waals surface area contributed by atoms with E-state index in [0.29, 0.717) is 5.82 Å². The molecule has 13 aromatic carbocycles. The van der Waals surface area contributed by atoms with E-state index in [1.165, 1.54) is 120 Å². The second-order valence-electron chi connectivity index (χ2n) is 23.2. The van der Waals surface area contributed by atoms with Crippen molar-refractivity contribution in [3.05, 3.63) is 273 Å². The molecule has 8 heteroatoms. The minimum atomic E-state index is 0.668. The molecular formula is C80H45N5S3. The maximum atomic E-state index is 5.72. The highest BCUT2D eigenvalue weighted by atomic mass is 32.1. The molecule has 20 aromatic rings. The van der Waals surface area contributed by atoms with Gasteiger partial charge in [-0.05, 0) is 132 Å². The second-order valence-corrected chi connectivity index (χ2v) is 26.5. The molecule has 20 rings (SSSR count). The Bertz CT molecular complexity index is 6380. The molecule has 0 spiro atoms. The summed E-state index contributed by atoms with van der Waals surface area (Å²) >= 11 is 5.60. The van der Waals surface area contributed by atoms with Crippen LogP contribution in [0.2, 0.25) is 0 Å². The highest BCUT2D eigenvalue weighted by molar-refractivity contribution is 7.26. The molecule has 0 saturated heterocycles. The third-order valence-electron chi connectivity index (χ3n) is 18.4. The average Bonchev–Trinajstić information content (AvgIpc) is 1.82. The van der Waals surface area contributed by atoms with Crippen molar-refractivity contribution in [1.82, 2.24) is 23.7 Å². The number of para-hydroxylation sites is 3. The van der Waals surface area contributed by atoms with Gasteiger partial charge >= 0.3 is 0 Å². The van der Waals surface area contributed by atoms with Gasteiger partial charge < -0.3 is 13.7 Å². The standard InChI is InChI=1S/C80H45N5S3/c1-7-25-67-53(19-1)59-43-76-62(56-22-4-10-28-73(56)86-76)40-70(59)83(67)50-34-31-46(32-35-50)47-33-36-66-65(39-47)79(48-15-13-17-51(37-48)84-68-26-8-2-20-54(68)60-44-77-63(41-71(60)84)57-23-5-11-29-74(57)87-77)82-80(81-66)49-16-14-18-52(38-49)85-69-27-9-3-21-55(69)61-45-78-64(42-72(61)85)58-24-6-12-30-75(58)88-78/h1-45H. The second kappa shape index (κ2) is 18.4. The number of aromatic nitrogens is 5. The van der Waals surface area contributed by atoms with Crippen LogP contribution >= 0.6 is 34.0 Å². The molecule has 7 aromatic heterocycles. The average molecular weight is 1170 g/mol. The molecule has 0 aliphatic rings. The number of thiophene rings is 3. The van der Waals surface area contributed by atoms with E-state index in [9.17, 15) is 0 Å². The van der Waals surface area contributed by atoms with Gasteiger partial charge in [0.25, 0.3) is 0 Å². The van der Waals surface area contributed by atoms with E-state index in [1.54, 1.807) is 0 Å². The molecule has 0 amide bonds. The highest BCUT2D eigenvalue weighted by Crippen LogP contribution is 2.46. The van der Waals surface area contributed by atoms with Crippen molar-refractivity contribution in [2.24, 2.45) is 0 Å². The predicted molar refractivity (Wildman–Crippen MR) is 378 cm³/mol. The van der Waals surface area contributed by atoms with Gasteiger partial charge in [0.1, 0.15) is 0 Å². The zero-order chi connectivity index (χ0) is 57.3. The van der Waals surface area contributed by atoms with Crippen molar-refractivity contribution >= 4 is 171 Å². The van der Waals surface area contributed by atoms with Crippen molar-refractivity contribution in [2.75, 3.05) is 0 Å². The fourth-order valence-electron chi connectivity index (χ4n) is 14.4. The third-order valence-corrected chi connectivity index (χ3v) is 21.8. The number of fused-ring (bicyclic) bond motifs is 19. The number of hydrogen-bond acceptors (Lipinski definition) is 5. The van der Waals surface area contributed by atoms with E-state index in [4.69, 9.17) is 9.97 Å². The van der Waals surface area contributed by atoms with E-state index < -0.39 is 0 Å². The largest absolute Gasteiger partial charge is 0.309 e. The lowest BCUT2D eigenvalue weighted by Gasteiger charge is -2.15. The molecule has 0 radical (unpaired) electrons. The Kier molecular flexibility index (Phi) is 10.1. The summed E-state index contributed by atoms with van der Waals surface area (Å²) in [5.74, 6) is 0.668. The summed E-state index contributed by atoms with van der Waals surface area (Å²) in [5, 5.41) is 16.2. The molecule has 0 bridgehead atoms. The zero-order valence-corrected chi connectivity index (χ0v) is 49.4. The topological polar surface area (TPSA) is 40.6 Å². The van der Waals surface area contributed by atoms with Gasteiger partial charge in [-0.15, -0.1) is 34.0 Å². The van der Waals surface area contributed by atoms with Gasteiger partial charge in [0.15, 0.2) is 5.82 Å². The van der Waals surface area contributed by atoms with Crippen LogP contribution in [0.3, 0.4) is 0 Å². The maximum Gasteiger partial charge on any atom is 0.160 e. The Morgan fingerprint density at radius 3 is 1.11 bits per heavy atom. The van der Waals surface area contributed by atoms with Crippen LogP contribution in [-0.2, 0) is 0 Å². The van der Waals surface area contributed by atoms with E-state index in [-0.39, 0.29) is 0 Å². The minimum Gasteiger partial charge on any atom is -0.309 e. The molecule has 88 heavy (non-hydrogen) atoms. The van der Waals surface area contributed by atoms with Crippen molar-refractivity contribution in [3.8, 4) is 50.8 Å². The molecule has 5 nitrogen and oxygen atoms in total. The van der Waals surface area contributed by atoms with Crippen molar-refractivity contribution in [2.45, 2.75) is 0 Å². The van der Waals surface area contributed by atoms with Gasteiger partial charge in [-0.3, -0.25) is 0 Å². The van der Waals surface area contributed by atoms with Crippen molar-refractivity contribution in [1.29, 1.82) is 0 Å². The summed E-state index contributed by atoms with van der Waals surface area (Å²) in [6.45, 7) is 0. The fourth-order valence-corrected chi connectivity index (χ4v) is 17.8. The summed E-state index contributed by atoms with van der Waals surface area (Å²) in [5.41, 5.74) is 16.2. The molecule has 0 N–H and O–H groups in total. The van der Waals surface area contributed by atoms with Gasteiger partial charge in [-0.1, -0.05) is 152 Å². The van der Waals surface area contributed by atoms with E-state index in [2.05, 4.69) is 287 Å².